The molecule has 2 fully saturated rings. The van der Waals surface area contributed by atoms with E-state index in [9.17, 15) is 0 Å². The smallest absolute Gasteiger partial charge is 0.163 e. The summed E-state index contributed by atoms with van der Waals surface area (Å²) in [5, 5.41) is 3.43. The molecule has 1 aromatic carbocycles. The van der Waals surface area contributed by atoms with Gasteiger partial charge in [0.15, 0.2) is 5.79 Å². The fourth-order valence-electron chi connectivity index (χ4n) is 3.15. The van der Waals surface area contributed by atoms with E-state index in [1.165, 1.54) is 24.0 Å². The highest BCUT2D eigenvalue weighted by Gasteiger charge is 2.35. The second-order valence-electron chi connectivity index (χ2n) is 5.97. The summed E-state index contributed by atoms with van der Waals surface area (Å²) >= 11 is 0. The topological polar surface area (TPSA) is 30.5 Å². The van der Waals surface area contributed by atoms with E-state index in [2.05, 4.69) is 29.6 Å². The summed E-state index contributed by atoms with van der Waals surface area (Å²) in [5.41, 5.74) is 2.77. The molecule has 1 N–H and O–H groups in total. The Kier molecular flexibility index (Phi) is 3.61. The Hall–Kier alpha value is -0.900. The van der Waals surface area contributed by atoms with E-state index in [1.807, 2.05) is 13.8 Å². The van der Waals surface area contributed by atoms with Crippen molar-refractivity contribution in [1.29, 1.82) is 0 Å². The molecule has 2 aliphatic heterocycles. The average Bonchev–Trinajstić information content (AvgIpc) is 2.80. The molecule has 2 heterocycles. The lowest BCUT2D eigenvalue weighted by atomic mass is 9.85. The Labute approximate surface area is 115 Å². The molecule has 0 bridgehead atoms. The molecule has 19 heavy (non-hydrogen) atoms. The van der Waals surface area contributed by atoms with E-state index in [0.29, 0.717) is 12.5 Å². The van der Waals surface area contributed by atoms with Crippen LogP contribution in [-0.4, -0.2) is 25.5 Å². The molecule has 1 aromatic rings. The second kappa shape index (κ2) is 5.23. The van der Waals surface area contributed by atoms with Crippen LogP contribution in [0.1, 0.15) is 49.8 Å². The molecule has 0 amide bonds. The van der Waals surface area contributed by atoms with Crippen LogP contribution in [0.3, 0.4) is 0 Å². The summed E-state index contributed by atoms with van der Waals surface area (Å²) in [5.74, 6) is 0.205. The SMILES string of the molecule is CC1(C)OCC(c2ccccc2C2CCNCC2)O1. The molecule has 2 aliphatic rings. The van der Waals surface area contributed by atoms with Crippen molar-refractivity contribution in [2.24, 2.45) is 0 Å². The van der Waals surface area contributed by atoms with E-state index in [1.54, 1.807) is 0 Å². The number of benzene rings is 1. The average molecular weight is 261 g/mol. The Morgan fingerprint density at radius 1 is 1.11 bits per heavy atom. The van der Waals surface area contributed by atoms with E-state index in [-0.39, 0.29) is 6.10 Å². The van der Waals surface area contributed by atoms with Crippen LogP contribution < -0.4 is 5.32 Å². The fourth-order valence-corrected chi connectivity index (χ4v) is 3.15. The van der Waals surface area contributed by atoms with Gasteiger partial charge in [0.05, 0.1) is 6.61 Å². The molecule has 0 saturated carbocycles. The third-order valence-corrected chi connectivity index (χ3v) is 4.13. The number of hydrogen-bond acceptors (Lipinski definition) is 3. The first-order valence-corrected chi connectivity index (χ1v) is 7.27. The molecule has 104 valence electrons. The van der Waals surface area contributed by atoms with Crippen LogP contribution >= 0.6 is 0 Å². The van der Waals surface area contributed by atoms with Crippen molar-refractivity contribution in [2.45, 2.75) is 44.5 Å². The van der Waals surface area contributed by atoms with Crippen LogP contribution in [0.5, 0.6) is 0 Å². The Morgan fingerprint density at radius 2 is 1.79 bits per heavy atom. The Balaban J connectivity index is 1.85. The maximum absolute atomic E-state index is 6.03. The van der Waals surface area contributed by atoms with Gasteiger partial charge < -0.3 is 14.8 Å². The number of ether oxygens (including phenoxy) is 2. The molecular formula is C16H23NO2. The predicted molar refractivity (Wildman–Crippen MR) is 75.1 cm³/mol. The lowest BCUT2D eigenvalue weighted by molar-refractivity contribution is -0.139. The third-order valence-electron chi connectivity index (χ3n) is 4.13. The minimum atomic E-state index is -0.452. The van der Waals surface area contributed by atoms with Crippen molar-refractivity contribution < 1.29 is 9.47 Å². The van der Waals surface area contributed by atoms with Crippen LogP contribution in [0.15, 0.2) is 24.3 Å². The van der Waals surface area contributed by atoms with Gasteiger partial charge in [-0.1, -0.05) is 24.3 Å². The predicted octanol–water partition coefficient (Wildman–Crippen LogP) is 2.98. The van der Waals surface area contributed by atoms with E-state index < -0.39 is 5.79 Å². The van der Waals surface area contributed by atoms with Gasteiger partial charge in [0.1, 0.15) is 6.10 Å². The zero-order valence-electron chi connectivity index (χ0n) is 11.8. The van der Waals surface area contributed by atoms with Gasteiger partial charge in [-0.3, -0.25) is 0 Å². The quantitative estimate of drug-likeness (QED) is 0.888. The highest BCUT2D eigenvalue weighted by molar-refractivity contribution is 5.33. The fraction of sp³-hybridized carbons (Fsp3) is 0.625. The molecular weight excluding hydrogens is 238 g/mol. The molecule has 1 unspecified atom stereocenters. The number of hydrogen-bond donors (Lipinski definition) is 1. The minimum absolute atomic E-state index is 0.0843. The summed E-state index contributed by atoms with van der Waals surface area (Å²) in [6.45, 7) is 6.87. The normalized spacial score (nSPS) is 27.6. The van der Waals surface area contributed by atoms with Gasteiger partial charge in [-0.25, -0.2) is 0 Å². The first kappa shape index (κ1) is 13.1. The number of nitrogens with one attached hydrogen (secondary N) is 1. The van der Waals surface area contributed by atoms with Gasteiger partial charge in [0, 0.05) is 0 Å². The van der Waals surface area contributed by atoms with Crippen molar-refractivity contribution >= 4 is 0 Å². The van der Waals surface area contributed by atoms with Crippen LogP contribution in [0.2, 0.25) is 0 Å². The van der Waals surface area contributed by atoms with E-state index >= 15 is 0 Å². The Morgan fingerprint density at radius 3 is 2.42 bits per heavy atom. The molecule has 3 heteroatoms. The summed E-state index contributed by atoms with van der Waals surface area (Å²) in [6.07, 6.45) is 2.52. The van der Waals surface area contributed by atoms with Crippen molar-refractivity contribution in [3.05, 3.63) is 35.4 Å². The standard InChI is InChI=1S/C16H23NO2/c1-16(2)18-11-15(19-16)14-6-4-3-5-13(14)12-7-9-17-10-8-12/h3-6,12,15,17H,7-11H2,1-2H3. The van der Waals surface area contributed by atoms with Crippen LogP contribution in [0.25, 0.3) is 0 Å². The first-order chi connectivity index (χ1) is 9.16. The van der Waals surface area contributed by atoms with Gasteiger partial charge in [0.2, 0.25) is 0 Å². The van der Waals surface area contributed by atoms with Crippen molar-refractivity contribution in [3.8, 4) is 0 Å². The Bertz CT molecular complexity index is 438. The van der Waals surface area contributed by atoms with E-state index in [0.717, 1.165) is 13.1 Å². The number of piperidine rings is 1. The molecule has 2 saturated heterocycles. The van der Waals surface area contributed by atoms with Crippen LogP contribution in [-0.2, 0) is 9.47 Å². The van der Waals surface area contributed by atoms with Crippen LogP contribution in [0.4, 0.5) is 0 Å². The van der Waals surface area contributed by atoms with E-state index in [4.69, 9.17) is 9.47 Å². The van der Waals surface area contributed by atoms with Gasteiger partial charge in [-0.05, 0) is 56.8 Å². The van der Waals surface area contributed by atoms with Gasteiger partial charge >= 0.3 is 0 Å². The monoisotopic (exact) mass is 261 g/mol. The summed E-state index contributed by atoms with van der Waals surface area (Å²) < 4.78 is 11.7. The zero-order valence-corrected chi connectivity index (χ0v) is 11.8. The van der Waals surface area contributed by atoms with Crippen molar-refractivity contribution in [3.63, 3.8) is 0 Å². The third kappa shape index (κ3) is 2.83. The molecule has 3 rings (SSSR count). The number of rotatable bonds is 2. The zero-order chi connectivity index (χ0) is 13.3. The lowest BCUT2D eigenvalue weighted by Crippen LogP contribution is -2.27. The highest BCUT2D eigenvalue weighted by atomic mass is 16.7. The molecule has 0 radical (unpaired) electrons. The highest BCUT2D eigenvalue weighted by Crippen LogP contribution is 2.38. The lowest BCUT2D eigenvalue weighted by Gasteiger charge is -2.27. The van der Waals surface area contributed by atoms with Gasteiger partial charge in [-0.15, -0.1) is 0 Å². The molecule has 3 nitrogen and oxygen atoms in total. The van der Waals surface area contributed by atoms with Crippen LogP contribution in [0, 0.1) is 0 Å². The first-order valence-electron chi connectivity index (χ1n) is 7.27. The maximum atomic E-state index is 6.03. The minimum Gasteiger partial charge on any atom is -0.347 e. The summed E-state index contributed by atoms with van der Waals surface area (Å²) in [6, 6.07) is 8.71. The summed E-state index contributed by atoms with van der Waals surface area (Å²) in [7, 11) is 0. The molecule has 1 atom stereocenters. The maximum Gasteiger partial charge on any atom is 0.163 e. The molecule has 0 aromatic heterocycles. The van der Waals surface area contributed by atoms with Crippen molar-refractivity contribution in [1.82, 2.24) is 5.32 Å². The van der Waals surface area contributed by atoms with Gasteiger partial charge in [0.25, 0.3) is 0 Å². The molecule has 0 spiro atoms. The second-order valence-corrected chi connectivity index (χ2v) is 5.97. The molecule has 0 aliphatic carbocycles. The summed E-state index contributed by atoms with van der Waals surface area (Å²) in [4.78, 5) is 0. The largest absolute Gasteiger partial charge is 0.347 e. The van der Waals surface area contributed by atoms with Crippen molar-refractivity contribution in [2.75, 3.05) is 19.7 Å². The van der Waals surface area contributed by atoms with Gasteiger partial charge in [-0.2, -0.15) is 0 Å².